The summed E-state index contributed by atoms with van der Waals surface area (Å²) < 4.78 is 9.84. The molecule has 0 radical (unpaired) electrons. The van der Waals surface area contributed by atoms with Crippen molar-refractivity contribution in [3.8, 4) is 5.75 Å². The standard InChI is InChI=1S/C12H15NO5/c1-7(2)18-12(16)13-8-4-5-9(11(14)15)10(6-8)17-3/h4-7H,1-3H3,(H,13,16)(H,14,15). The van der Waals surface area contributed by atoms with E-state index in [9.17, 15) is 9.59 Å². The number of amides is 1. The van der Waals surface area contributed by atoms with E-state index in [1.54, 1.807) is 13.8 Å². The Hall–Kier alpha value is -2.24. The summed E-state index contributed by atoms with van der Waals surface area (Å²) in [6.45, 7) is 3.46. The van der Waals surface area contributed by atoms with Crippen LogP contribution in [-0.4, -0.2) is 30.4 Å². The number of methoxy groups -OCH3 is 1. The van der Waals surface area contributed by atoms with Gasteiger partial charge in [-0.1, -0.05) is 0 Å². The summed E-state index contributed by atoms with van der Waals surface area (Å²) >= 11 is 0. The molecule has 6 nitrogen and oxygen atoms in total. The third-order valence-corrected chi connectivity index (χ3v) is 2.02. The number of rotatable bonds is 4. The second-order valence-electron chi connectivity index (χ2n) is 3.80. The van der Waals surface area contributed by atoms with Gasteiger partial charge in [0.05, 0.1) is 13.2 Å². The third-order valence-electron chi connectivity index (χ3n) is 2.02. The van der Waals surface area contributed by atoms with Gasteiger partial charge in [0.1, 0.15) is 11.3 Å². The van der Waals surface area contributed by atoms with Crippen LogP contribution in [0.4, 0.5) is 10.5 Å². The normalized spacial score (nSPS) is 10.0. The summed E-state index contributed by atoms with van der Waals surface area (Å²) in [7, 11) is 1.36. The van der Waals surface area contributed by atoms with Gasteiger partial charge in [0.2, 0.25) is 0 Å². The Morgan fingerprint density at radius 3 is 2.50 bits per heavy atom. The van der Waals surface area contributed by atoms with Crippen molar-refractivity contribution in [1.82, 2.24) is 0 Å². The molecule has 98 valence electrons. The highest BCUT2D eigenvalue weighted by atomic mass is 16.6. The number of carbonyl (C=O) groups is 2. The fourth-order valence-corrected chi connectivity index (χ4v) is 1.31. The zero-order valence-corrected chi connectivity index (χ0v) is 10.4. The summed E-state index contributed by atoms with van der Waals surface area (Å²) in [6, 6.07) is 4.24. The zero-order chi connectivity index (χ0) is 13.7. The summed E-state index contributed by atoms with van der Waals surface area (Å²) in [5, 5.41) is 11.4. The molecule has 0 atom stereocenters. The molecule has 1 amide bonds. The Kier molecular flexibility index (Phi) is 4.53. The minimum Gasteiger partial charge on any atom is -0.496 e. The highest BCUT2D eigenvalue weighted by molar-refractivity contribution is 5.93. The van der Waals surface area contributed by atoms with E-state index in [2.05, 4.69) is 5.32 Å². The van der Waals surface area contributed by atoms with Crippen molar-refractivity contribution in [2.75, 3.05) is 12.4 Å². The molecule has 0 aliphatic rings. The lowest BCUT2D eigenvalue weighted by molar-refractivity contribution is 0.0693. The van der Waals surface area contributed by atoms with E-state index >= 15 is 0 Å². The monoisotopic (exact) mass is 253 g/mol. The summed E-state index contributed by atoms with van der Waals surface area (Å²) in [5.41, 5.74) is 0.433. The van der Waals surface area contributed by atoms with Gasteiger partial charge in [0, 0.05) is 11.8 Å². The molecule has 1 aromatic rings. The SMILES string of the molecule is COc1cc(NC(=O)OC(C)C)ccc1C(=O)O. The number of nitrogens with one attached hydrogen (secondary N) is 1. The number of anilines is 1. The number of hydrogen-bond donors (Lipinski definition) is 2. The van der Waals surface area contributed by atoms with E-state index in [0.29, 0.717) is 5.69 Å². The smallest absolute Gasteiger partial charge is 0.411 e. The predicted molar refractivity (Wildman–Crippen MR) is 65.2 cm³/mol. The fraction of sp³-hybridized carbons (Fsp3) is 0.333. The molecule has 1 aromatic carbocycles. The number of ether oxygens (including phenoxy) is 2. The van der Waals surface area contributed by atoms with E-state index in [-0.39, 0.29) is 17.4 Å². The topological polar surface area (TPSA) is 84.9 Å². The van der Waals surface area contributed by atoms with Crippen LogP contribution < -0.4 is 10.1 Å². The van der Waals surface area contributed by atoms with Crippen LogP contribution in [0.25, 0.3) is 0 Å². The maximum absolute atomic E-state index is 11.4. The van der Waals surface area contributed by atoms with Crippen LogP contribution in [0, 0.1) is 0 Å². The van der Waals surface area contributed by atoms with Crippen molar-refractivity contribution >= 4 is 17.7 Å². The van der Waals surface area contributed by atoms with Crippen LogP contribution in [-0.2, 0) is 4.74 Å². The molecular formula is C12H15NO5. The van der Waals surface area contributed by atoms with Crippen LogP contribution >= 0.6 is 0 Å². The molecule has 1 rings (SSSR count). The molecule has 0 aliphatic carbocycles. The Balaban J connectivity index is 2.86. The van der Waals surface area contributed by atoms with Gasteiger partial charge in [-0.15, -0.1) is 0 Å². The predicted octanol–water partition coefficient (Wildman–Crippen LogP) is 2.35. The molecule has 0 saturated heterocycles. The van der Waals surface area contributed by atoms with Crippen LogP contribution in [0.1, 0.15) is 24.2 Å². The van der Waals surface area contributed by atoms with Crippen LogP contribution in [0.3, 0.4) is 0 Å². The van der Waals surface area contributed by atoms with Crippen LogP contribution in [0.15, 0.2) is 18.2 Å². The maximum Gasteiger partial charge on any atom is 0.411 e. The summed E-state index contributed by atoms with van der Waals surface area (Å²) in [4.78, 5) is 22.2. The van der Waals surface area contributed by atoms with E-state index in [0.717, 1.165) is 0 Å². The molecular weight excluding hydrogens is 238 g/mol. The first-order valence-electron chi connectivity index (χ1n) is 5.33. The molecule has 0 spiro atoms. The van der Waals surface area contributed by atoms with Gasteiger partial charge in [0.15, 0.2) is 0 Å². The van der Waals surface area contributed by atoms with Gasteiger partial charge >= 0.3 is 12.1 Å². The highest BCUT2D eigenvalue weighted by Gasteiger charge is 2.13. The van der Waals surface area contributed by atoms with Crippen molar-refractivity contribution < 1.29 is 24.2 Å². The molecule has 2 N–H and O–H groups in total. The third kappa shape index (κ3) is 3.65. The van der Waals surface area contributed by atoms with Crippen LogP contribution in [0.5, 0.6) is 5.75 Å². The van der Waals surface area contributed by atoms with E-state index in [1.165, 1.54) is 25.3 Å². The number of carbonyl (C=O) groups excluding carboxylic acids is 1. The largest absolute Gasteiger partial charge is 0.496 e. The second kappa shape index (κ2) is 5.90. The second-order valence-corrected chi connectivity index (χ2v) is 3.80. The lowest BCUT2D eigenvalue weighted by atomic mass is 10.2. The van der Waals surface area contributed by atoms with Gasteiger partial charge in [0.25, 0.3) is 0 Å². The van der Waals surface area contributed by atoms with Crippen molar-refractivity contribution in [3.63, 3.8) is 0 Å². The van der Waals surface area contributed by atoms with Crippen LogP contribution in [0.2, 0.25) is 0 Å². The number of carboxylic acid groups (broad SMARTS) is 1. The van der Waals surface area contributed by atoms with Gasteiger partial charge in [-0.25, -0.2) is 9.59 Å². The van der Waals surface area contributed by atoms with E-state index in [1.807, 2.05) is 0 Å². The first kappa shape index (κ1) is 13.8. The van der Waals surface area contributed by atoms with Gasteiger partial charge in [-0.2, -0.15) is 0 Å². The summed E-state index contributed by atoms with van der Waals surface area (Å²) in [5.74, 6) is -0.923. The molecule has 6 heteroatoms. The average molecular weight is 253 g/mol. The van der Waals surface area contributed by atoms with Gasteiger partial charge in [-0.3, -0.25) is 5.32 Å². The molecule has 0 heterocycles. The highest BCUT2D eigenvalue weighted by Crippen LogP contribution is 2.23. The number of aromatic carboxylic acids is 1. The molecule has 18 heavy (non-hydrogen) atoms. The van der Waals surface area contributed by atoms with Gasteiger partial charge < -0.3 is 14.6 Å². The summed E-state index contributed by atoms with van der Waals surface area (Å²) in [6.07, 6.45) is -0.833. The molecule has 0 unspecified atom stereocenters. The molecule has 0 fully saturated rings. The molecule has 0 bridgehead atoms. The maximum atomic E-state index is 11.4. The number of benzene rings is 1. The quantitative estimate of drug-likeness (QED) is 0.860. The first-order chi connectivity index (χ1) is 8.43. The Morgan fingerprint density at radius 1 is 1.33 bits per heavy atom. The minimum atomic E-state index is -1.09. The first-order valence-corrected chi connectivity index (χ1v) is 5.33. The zero-order valence-electron chi connectivity index (χ0n) is 10.4. The molecule has 0 saturated carbocycles. The molecule has 0 aliphatic heterocycles. The van der Waals surface area contributed by atoms with Crippen molar-refractivity contribution in [2.45, 2.75) is 20.0 Å². The lowest BCUT2D eigenvalue weighted by Gasteiger charge is -2.11. The Morgan fingerprint density at radius 2 is 2.00 bits per heavy atom. The van der Waals surface area contributed by atoms with Crippen molar-refractivity contribution in [1.29, 1.82) is 0 Å². The van der Waals surface area contributed by atoms with Crippen molar-refractivity contribution in [3.05, 3.63) is 23.8 Å². The lowest BCUT2D eigenvalue weighted by Crippen LogP contribution is -2.18. The number of carboxylic acids is 1. The molecule has 0 aromatic heterocycles. The Labute approximate surface area is 105 Å². The fourth-order valence-electron chi connectivity index (χ4n) is 1.31. The average Bonchev–Trinajstić information content (AvgIpc) is 2.27. The number of hydrogen-bond acceptors (Lipinski definition) is 4. The van der Waals surface area contributed by atoms with E-state index in [4.69, 9.17) is 14.6 Å². The Bertz CT molecular complexity index is 456. The van der Waals surface area contributed by atoms with Gasteiger partial charge in [-0.05, 0) is 26.0 Å². The minimum absolute atomic E-state index is 0.0280. The van der Waals surface area contributed by atoms with Crippen molar-refractivity contribution in [2.24, 2.45) is 0 Å². The van der Waals surface area contributed by atoms with E-state index < -0.39 is 12.1 Å².